The molecule has 2 aromatic rings. The lowest BCUT2D eigenvalue weighted by Crippen LogP contribution is -2.35. The summed E-state index contributed by atoms with van der Waals surface area (Å²) in [6, 6.07) is 3.90. The van der Waals surface area contributed by atoms with Crippen LogP contribution in [0, 0.1) is 11.8 Å². The summed E-state index contributed by atoms with van der Waals surface area (Å²) >= 11 is 0. The molecule has 1 unspecified atom stereocenters. The van der Waals surface area contributed by atoms with Gasteiger partial charge in [0.2, 0.25) is 0 Å². The predicted molar refractivity (Wildman–Crippen MR) is 89.9 cm³/mol. The molecule has 0 radical (unpaired) electrons. The van der Waals surface area contributed by atoms with E-state index in [9.17, 15) is 5.11 Å². The first-order valence-corrected chi connectivity index (χ1v) is 8.35. The Bertz CT molecular complexity index is 633. The lowest BCUT2D eigenvalue weighted by molar-refractivity contribution is 0.192. The fourth-order valence-electron chi connectivity index (χ4n) is 3.39. The van der Waals surface area contributed by atoms with Crippen LogP contribution in [-0.4, -0.2) is 37.5 Å². The number of hydrogen-bond acceptors (Lipinski definition) is 5. The van der Waals surface area contributed by atoms with Gasteiger partial charge < -0.3 is 10.4 Å². The minimum absolute atomic E-state index is 0.0526. The van der Waals surface area contributed by atoms with Crippen molar-refractivity contribution in [3.63, 3.8) is 0 Å². The van der Waals surface area contributed by atoms with Gasteiger partial charge in [0, 0.05) is 19.3 Å². The molecule has 3 rings (SSSR count). The molecule has 1 atom stereocenters. The van der Waals surface area contributed by atoms with Crippen molar-refractivity contribution in [1.82, 2.24) is 19.7 Å². The minimum atomic E-state index is 0.0526. The van der Waals surface area contributed by atoms with Crippen molar-refractivity contribution in [3.05, 3.63) is 24.7 Å². The molecular formula is C17H25N5O. The molecule has 2 heterocycles. The molecule has 1 fully saturated rings. The van der Waals surface area contributed by atoms with Crippen LogP contribution in [0.5, 0.6) is 0 Å². The zero-order chi connectivity index (χ0) is 16.2. The molecule has 23 heavy (non-hydrogen) atoms. The number of rotatable bonds is 5. The van der Waals surface area contributed by atoms with Gasteiger partial charge in [-0.1, -0.05) is 19.8 Å². The molecule has 0 aliphatic heterocycles. The molecule has 1 aliphatic rings. The van der Waals surface area contributed by atoms with E-state index in [-0.39, 0.29) is 12.6 Å². The second-order valence-electron chi connectivity index (χ2n) is 6.58. The summed E-state index contributed by atoms with van der Waals surface area (Å²) in [5.74, 6) is 2.07. The third-order valence-electron chi connectivity index (χ3n) is 4.91. The number of hydrogen-bond donors (Lipinski definition) is 2. The first kappa shape index (κ1) is 15.9. The Labute approximate surface area is 137 Å². The Hall–Kier alpha value is -1.95. The van der Waals surface area contributed by atoms with E-state index in [4.69, 9.17) is 0 Å². The number of aliphatic hydroxyl groups excluding tert-OH is 1. The van der Waals surface area contributed by atoms with Gasteiger partial charge in [-0.3, -0.25) is 4.68 Å². The van der Waals surface area contributed by atoms with Gasteiger partial charge in [-0.2, -0.15) is 5.10 Å². The zero-order valence-electron chi connectivity index (χ0n) is 13.8. The van der Waals surface area contributed by atoms with E-state index in [1.165, 1.54) is 25.7 Å². The predicted octanol–water partition coefficient (Wildman–Crippen LogP) is 2.48. The Morgan fingerprint density at radius 2 is 2.09 bits per heavy atom. The third kappa shape index (κ3) is 3.69. The Morgan fingerprint density at radius 3 is 2.74 bits per heavy atom. The highest BCUT2D eigenvalue weighted by Crippen LogP contribution is 2.31. The minimum Gasteiger partial charge on any atom is -0.394 e. The fourth-order valence-corrected chi connectivity index (χ4v) is 3.39. The molecule has 0 aromatic carbocycles. The van der Waals surface area contributed by atoms with E-state index in [2.05, 4.69) is 27.3 Å². The van der Waals surface area contributed by atoms with Crippen LogP contribution in [0.3, 0.4) is 0 Å². The average molecular weight is 315 g/mol. The third-order valence-corrected chi connectivity index (χ3v) is 4.91. The molecule has 0 spiro atoms. The molecule has 6 heteroatoms. The number of aryl methyl sites for hydroxylation is 1. The summed E-state index contributed by atoms with van der Waals surface area (Å²) in [6.07, 6.45) is 8.13. The Balaban J connectivity index is 1.73. The van der Waals surface area contributed by atoms with Crippen LogP contribution in [0.1, 0.15) is 32.6 Å². The van der Waals surface area contributed by atoms with Crippen LogP contribution in [0.15, 0.2) is 24.7 Å². The van der Waals surface area contributed by atoms with Crippen LogP contribution in [0.25, 0.3) is 11.4 Å². The SMILES string of the molecule is CC1CCC(C(CO)Nc2cc(-c3ccnn3C)ncn2)CC1. The molecule has 124 valence electrons. The summed E-state index contributed by atoms with van der Waals surface area (Å²) in [5, 5.41) is 17.4. The average Bonchev–Trinajstić information content (AvgIpc) is 3.00. The van der Waals surface area contributed by atoms with E-state index in [1.807, 2.05) is 19.2 Å². The standard InChI is InChI=1S/C17H25N5O/c1-12-3-5-13(6-4-12)15(10-23)21-17-9-14(18-11-19-17)16-7-8-20-22(16)2/h7-9,11-13,15,23H,3-6,10H2,1-2H3,(H,18,19,21). The van der Waals surface area contributed by atoms with Crippen molar-refractivity contribution in [2.45, 2.75) is 38.6 Å². The van der Waals surface area contributed by atoms with Crippen molar-refractivity contribution < 1.29 is 5.11 Å². The van der Waals surface area contributed by atoms with Crippen LogP contribution in [-0.2, 0) is 7.05 Å². The Morgan fingerprint density at radius 1 is 1.30 bits per heavy atom. The van der Waals surface area contributed by atoms with E-state index < -0.39 is 0 Å². The van der Waals surface area contributed by atoms with Crippen molar-refractivity contribution >= 4 is 5.82 Å². The van der Waals surface area contributed by atoms with Crippen molar-refractivity contribution in [2.24, 2.45) is 18.9 Å². The smallest absolute Gasteiger partial charge is 0.130 e. The number of nitrogens with one attached hydrogen (secondary N) is 1. The topological polar surface area (TPSA) is 75.9 Å². The molecule has 6 nitrogen and oxygen atoms in total. The summed E-state index contributed by atoms with van der Waals surface area (Å²) in [5.41, 5.74) is 1.78. The molecular weight excluding hydrogens is 290 g/mol. The highest BCUT2D eigenvalue weighted by molar-refractivity contribution is 5.58. The quantitative estimate of drug-likeness (QED) is 0.886. The van der Waals surface area contributed by atoms with Gasteiger partial charge in [0.15, 0.2) is 0 Å². The van der Waals surface area contributed by atoms with Crippen LogP contribution in [0.2, 0.25) is 0 Å². The van der Waals surface area contributed by atoms with E-state index in [1.54, 1.807) is 17.2 Å². The molecule has 2 aromatic heterocycles. The van der Waals surface area contributed by atoms with Gasteiger partial charge in [0.1, 0.15) is 12.1 Å². The molecule has 0 amide bonds. The maximum Gasteiger partial charge on any atom is 0.130 e. The van der Waals surface area contributed by atoms with E-state index >= 15 is 0 Å². The summed E-state index contributed by atoms with van der Waals surface area (Å²) < 4.78 is 1.79. The highest BCUT2D eigenvalue weighted by atomic mass is 16.3. The largest absolute Gasteiger partial charge is 0.394 e. The fraction of sp³-hybridized carbons (Fsp3) is 0.588. The number of nitrogens with zero attached hydrogens (tertiary/aromatic N) is 4. The molecule has 0 saturated heterocycles. The van der Waals surface area contributed by atoms with E-state index in [0.29, 0.717) is 5.92 Å². The zero-order valence-corrected chi connectivity index (χ0v) is 13.8. The number of anilines is 1. The van der Waals surface area contributed by atoms with E-state index in [0.717, 1.165) is 23.1 Å². The second-order valence-corrected chi connectivity index (χ2v) is 6.58. The molecule has 1 saturated carbocycles. The summed E-state index contributed by atoms with van der Waals surface area (Å²) in [7, 11) is 1.89. The molecule has 2 N–H and O–H groups in total. The normalized spacial score (nSPS) is 22.7. The second kappa shape index (κ2) is 7.08. The molecule has 1 aliphatic carbocycles. The van der Waals surface area contributed by atoms with Gasteiger partial charge in [0.05, 0.1) is 24.0 Å². The molecule has 0 bridgehead atoms. The van der Waals surface area contributed by atoms with Crippen molar-refractivity contribution in [1.29, 1.82) is 0 Å². The monoisotopic (exact) mass is 315 g/mol. The first-order chi connectivity index (χ1) is 11.2. The summed E-state index contributed by atoms with van der Waals surface area (Å²) in [6.45, 7) is 2.44. The first-order valence-electron chi connectivity index (χ1n) is 8.35. The van der Waals surface area contributed by atoms with Crippen LogP contribution in [0.4, 0.5) is 5.82 Å². The van der Waals surface area contributed by atoms with Crippen molar-refractivity contribution in [3.8, 4) is 11.4 Å². The number of aliphatic hydroxyl groups is 1. The lowest BCUT2D eigenvalue weighted by Gasteiger charge is -2.32. The number of aromatic nitrogens is 4. The van der Waals surface area contributed by atoms with Gasteiger partial charge >= 0.3 is 0 Å². The van der Waals surface area contributed by atoms with Gasteiger partial charge in [-0.05, 0) is 30.7 Å². The lowest BCUT2D eigenvalue weighted by atomic mass is 9.79. The van der Waals surface area contributed by atoms with Gasteiger partial charge in [0.25, 0.3) is 0 Å². The summed E-state index contributed by atoms with van der Waals surface area (Å²) in [4.78, 5) is 8.64. The maximum absolute atomic E-state index is 9.78. The maximum atomic E-state index is 9.78. The van der Waals surface area contributed by atoms with Gasteiger partial charge in [-0.15, -0.1) is 0 Å². The van der Waals surface area contributed by atoms with Gasteiger partial charge in [-0.25, -0.2) is 9.97 Å². The highest BCUT2D eigenvalue weighted by Gasteiger charge is 2.26. The van der Waals surface area contributed by atoms with Crippen LogP contribution >= 0.6 is 0 Å². The van der Waals surface area contributed by atoms with Crippen LogP contribution < -0.4 is 5.32 Å². The Kier molecular flexibility index (Phi) is 4.91. The van der Waals surface area contributed by atoms with Crippen molar-refractivity contribution in [2.75, 3.05) is 11.9 Å².